The van der Waals surface area contributed by atoms with E-state index in [0.717, 1.165) is 36.4 Å². The molecule has 7 N–H and O–H groups in total. The van der Waals surface area contributed by atoms with Gasteiger partial charge in [0, 0.05) is 22.5 Å². The second kappa shape index (κ2) is 15.9. The number of benzene rings is 4. The van der Waals surface area contributed by atoms with E-state index in [2.05, 4.69) is 50.4 Å². The van der Waals surface area contributed by atoms with Crippen LogP contribution in [0.5, 0.6) is 5.75 Å². The molecule has 0 atom stereocenters. The Kier molecular flexibility index (Phi) is 11.8. The highest BCUT2D eigenvalue weighted by Crippen LogP contribution is 2.48. The minimum Gasteiger partial charge on any atom is -0.505 e. The van der Waals surface area contributed by atoms with Gasteiger partial charge in [0.15, 0.2) is 5.75 Å². The molecule has 0 unspecified atom stereocenters. The smallest absolute Gasteiger partial charge is 0.313 e. The summed E-state index contributed by atoms with van der Waals surface area (Å²) in [6.45, 7) is 0. The van der Waals surface area contributed by atoms with Crippen LogP contribution in [-0.2, 0) is 39.7 Å². The van der Waals surface area contributed by atoms with Gasteiger partial charge in [0.25, 0.3) is 30.4 Å². The Bertz CT molecular complexity index is 2650. The summed E-state index contributed by atoms with van der Waals surface area (Å²) >= 11 is 0.212. The number of aromatic hydroxyl groups is 1. The van der Waals surface area contributed by atoms with Gasteiger partial charge in [-0.3, -0.25) is 13.7 Å². The molecule has 1 aromatic heterocycles. The molecule has 0 aliphatic rings. The van der Waals surface area contributed by atoms with E-state index in [9.17, 15) is 52.8 Å². The highest BCUT2D eigenvalue weighted by atomic mass is 32.2. The number of hydrogen-bond acceptors (Lipinski definition) is 19. The summed E-state index contributed by atoms with van der Waals surface area (Å²) in [5.74, 6) is -3.48. The lowest BCUT2D eigenvalue weighted by Crippen LogP contribution is -2.13. The monoisotopic (exact) mass is 830 g/mol. The van der Waals surface area contributed by atoms with Crippen LogP contribution in [0, 0.1) is 12.0 Å². The largest absolute Gasteiger partial charge is 0.505 e. The summed E-state index contributed by atoms with van der Waals surface area (Å²) in [7, 11) is -14.5. The highest BCUT2D eigenvalue weighted by molar-refractivity contribution is 7.94. The molecule has 0 fully saturated rings. The average Bonchev–Trinajstić information content (AvgIpc) is 3.07. The van der Waals surface area contributed by atoms with Crippen LogP contribution >= 0.6 is 12.0 Å². The quantitative estimate of drug-likeness (QED) is 0.0122. The molecular weight excluding hydrogens is 811 g/mol. The number of aromatic nitrogens is 2. The van der Waals surface area contributed by atoms with Crippen LogP contribution in [0.3, 0.4) is 0 Å². The minimum atomic E-state index is -5.02. The van der Waals surface area contributed by atoms with E-state index >= 15 is 0 Å². The molecule has 0 spiro atoms. The molecule has 0 aliphatic heterocycles. The van der Waals surface area contributed by atoms with Gasteiger partial charge in [-0.1, -0.05) is 17.2 Å². The number of nitrogens with zero attached hydrogens (tertiary/aromatic N) is 6. The van der Waals surface area contributed by atoms with Crippen molar-refractivity contribution in [2.24, 2.45) is 20.5 Å². The first kappa shape index (κ1) is 39.8. The van der Waals surface area contributed by atoms with Crippen molar-refractivity contribution in [3.05, 3.63) is 78.8 Å². The third kappa shape index (κ3) is 9.79. The molecule has 0 saturated heterocycles. The predicted octanol–water partition coefficient (Wildman–Crippen LogP) is 6.37. The van der Waals surface area contributed by atoms with Gasteiger partial charge in [-0.25, -0.2) is 5.26 Å². The number of phenolic OH excluding ortho intramolecular Hbond substituents is 1. The van der Waals surface area contributed by atoms with Crippen LogP contribution in [0.2, 0.25) is 0 Å². The van der Waals surface area contributed by atoms with E-state index in [-0.39, 0.29) is 50.5 Å². The highest BCUT2D eigenvalue weighted by Gasteiger charge is 2.22. The molecule has 5 rings (SSSR count). The van der Waals surface area contributed by atoms with Gasteiger partial charge in [-0.15, -0.1) is 24.8 Å². The topological polar surface area (TPSA) is 321 Å². The first-order chi connectivity index (χ1) is 25.3. The van der Waals surface area contributed by atoms with Gasteiger partial charge >= 0.3 is 6.08 Å². The van der Waals surface area contributed by atoms with Gasteiger partial charge in [0.1, 0.15) is 44.2 Å². The van der Waals surface area contributed by atoms with E-state index in [1.165, 1.54) is 24.3 Å². The average molecular weight is 831 g/mol. The summed E-state index contributed by atoms with van der Waals surface area (Å²) in [4.78, 5) is 4.50. The maximum atomic E-state index is 13.6. The van der Waals surface area contributed by atoms with Crippen LogP contribution in [0.1, 0.15) is 0 Å². The van der Waals surface area contributed by atoms with Crippen LogP contribution in [0.4, 0.5) is 48.7 Å². The molecule has 0 aliphatic carbocycles. The number of anilines is 3. The van der Waals surface area contributed by atoms with Gasteiger partial charge < -0.3 is 15.7 Å². The van der Waals surface area contributed by atoms with Gasteiger partial charge in [-0.2, -0.15) is 44.0 Å². The van der Waals surface area contributed by atoms with E-state index in [1.807, 2.05) is 0 Å². The standard InChI is InChI=1S/C27H20F2N8O13S4/c28-22-11-23(33-27(29)32-22)31-13-5-8-21(54(46,47)48)18(9-13)35-36-24-15-10-19(51-50-49-39)25(37-34-16-3-1-2-4-20(16)53(43,44)45)26(38)14(15)6-7-17(24)30-12-52(40,41)42/h1-11,30,38-39H,12H2,(H,31,32,33)(H,40,41,42)(H,43,44,45)(H,46,47,48). The zero-order chi connectivity index (χ0) is 39.4. The van der Waals surface area contributed by atoms with Gasteiger partial charge in [-0.05, 0) is 48.5 Å². The maximum Gasteiger partial charge on any atom is 0.313 e. The molecule has 0 bridgehead atoms. The Morgan fingerprint density at radius 2 is 1.43 bits per heavy atom. The summed E-state index contributed by atoms with van der Waals surface area (Å²) in [5.41, 5.74) is -2.09. The first-order valence-electron chi connectivity index (χ1n) is 14.0. The van der Waals surface area contributed by atoms with E-state index < -0.39 is 81.0 Å². The zero-order valence-electron chi connectivity index (χ0n) is 26.1. The van der Waals surface area contributed by atoms with Crippen molar-refractivity contribution in [3.63, 3.8) is 0 Å². The van der Waals surface area contributed by atoms with Crippen LogP contribution in [0.15, 0.2) is 102 Å². The SMILES string of the molecule is O=S(=O)(O)CNc1ccc2c(O)c(N=Nc3ccccc3S(=O)(=O)O)c(SOOO)cc2c1N=Nc1cc(Nc2cc(F)nc(F)n2)ccc1S(=O)(=O)O. The van der Waals surface area contributed by atoms with Crippen molar-refractivity contribution in [1.29, 1.82) is 0 Å². The number of rotatable bonds is 14. The molecule has 54 heavy (non-hydrogen) atoms. The summed E-state index contributed by atoms with van der Waals surface area (Å²) < 4.78 is 132. The Morgan fingerprint density at radius 1 is 0.759 bits per heavy atom. The van der Waals surface area contributed by atoms with Crippen molar-refractivity contribution >= 4 is 93.1 Å². The van der Waals surface area contributed by atoms with Crippen LogP contribution in [0.25, 0.3) is 10.8 Å². The van der Waals surface area contributed by atoms with Crippen molar-refractivity contribution < 1.29 is 67.4 Å². The number of fused-ring (bicyclic) bond motifs is 1. The molecule has 5 aromatic rings. The zero-order valence-corrected chi connectivity index (χ0v) is 29.4. The van der Waals surface area contributed by atoms with E-state index in [1.54, 1.807) is 0 Å². The molecule has 0 amide bonds. The molecule has 1 heterocycles. The summed E-state index contributed by atoms with van der Waals surface area (Å²) in [6.07, 6.45) is -1.43. The molecule has 284 valence electrons. The Labute approximate surface area is 305 Å². The maximum absolute atomic E-state index is 13.6. The van der Waals surface area contributed by atoms with Gasteiger partial charge in [0.2, 0.25) is 5.95 Å². The second-order valence-corrected chi connectivity index (χ2v) is 15.2. The number of azo groups is 2. The fourth-order valence-electron chi connectivity index (χ4n) is 4.49. The molecular formula is C27H20F2N8O13S4. The van der Waals surface area contributed by atoms with Crippen molar-refractivity contribution in [3.8, 4) is 5.75 Å². The Hall–Kier alpha value is -5.36. The van der Waals surface area contributed by atoms with Crippen molar-refractivity contribution in [1.82, 2.24) is 9.97 Å². The lowest BCUT2D eigenvalue weighted by Gasteiger charge is -2.14. The third-order valence-corrected chi connectivity index (χ3v) is 9.57. The Balaban J connectivity index is 1.71. The Morgan fingerprint density at radius 3 is 2.09 bits per heavy atom. The minimum absolute atomic E-state index is 0.0838. The lowest BCUT2D eigenvalue weighted by atomic mass is 10.1. The number of halogens is 2. The second-order valence-electron chi connectivity index (χ2n) is 10.2. The predicted molar refractivity (Wildman–Crippen MR) is 182 cm³/mol. The summed E-state index contributed by atoms with van der Waals surface area (Å²) in [6, 6.07) is 12.0. The number of nitrogens with one attached hydrogen (secondary N) is 2. The number of phenols is 1. The van der Waals surface area contributed by atoms with Crippen molar-refractivity contribution in [2.75, 3.05) is 16.5 Å². The normalized spacial score (nSPS) is 12.6. The molecule has 21 nitrogen and oxygen atoms in total. The third-order valence-electron chi connectivity index (χ3n) is 6.64. The first-order valence-corrected chi connectivity index (χ1v) is 19.2. The fraction of sp³-hybridized carbons (Fsp3) is 0.0370. The molecule has 0 saturated carbocycles. The molecule has 27 heteroatoms. The van der Waals surface area contributed by atoms with Crippen LogP contribution in [-0.4, -0.2) is 65.1 Å². The van der Waals surface area contributed by atoms with E-state index in [4.69, 9.17) is 5.26 Å². The van der Waals surface area contributed by atoms with Crippen LogP contribution < -0.4 is 10.6 Å². The fourth-order valence-corrected chi connectivity index (χ4v) is 6.55. The lowest BCUT2D eigenvalue weighted by molar-refractivity contribution is -0.432. The summed E-state index contributed by atoms with van der Waals surface area (Å²) in [5, 5.41) is 44.0. The number of hydrogen-bond donors (Lipinski definition) is 7. The van der Waals surface area contributed by atoms with E-state index in [0.29, 0.717) is 6.07 Å². The molecule has 0 radical (unpaired) electrons. The molecule has 4 aromatic carbocycles. The van der Waals surface area contributed by atoms with Gasteiger partial charge in [0.05, 0.1) is 22.6 Å². The van der Waals surface area contributed by atoms with Crippen molar-refractivity contribution in [2.45, 2.75) is 14.7 Å².